The summed E-state index contributed by atoms with van der Waals surface area (Å²) in [5, 5.41) is 7.44. The molecule has 0 fully saturated rings. The zero-order valence-electron chi connectivity index (χ0n) is 9.94. The highest BCUT2D eigenvalue weighted by atomic mass is 79.9. The van der Waals surface area contributed by atoms with E-state index in [2.05, 4.69) is 37.4 Å². The molecule has 5 heteroatoms. The van der Waals surface area contributed by atoms with Crippen molar-refractivity contribution in [3.8, 4) is 0 Å². The van der Waals surface area contributed by atoms with Gasteiger partial charge < -0.3 is 5.32 Å². The van der Waals surface area contributed by atoms with E-state index in [4.69, 9.17) is 0 Å². The minimum atomic E-state index is 0.848. The molecule has 0 aliphatic rings. The summed E-state index contributed by atoms with van der Waals surface area (Å²) in [7, 11) is 1.93. The van der Waals surface area contributed by atoms with E-state index in [0.717, 1.165) is 28.8 Å². The van der Waals surface area contributed by atoms with Crippen LogP contribution >= 0.6 is 15.9 Å². The van der Waals surface area contributed by atoms with Gasteiger partial charge in [0.1, 0.15) is 5.82 Å². The number of hydrogen-bond acceptors (Lipinski definition) is 3. The highest BCUT2D eigenvalue weighted by molar-refractivity contribution is 9.10. The predicted octanol–water partition coefficient (Wildman–Crippen LogP) is 2.54. The van der Waals surface area contributed by atoms with Crippen LogP contribution in [0, 0.1) is 6.92 Å². The molecule has 2 aromatic heterocycles. The predicted molar refractivity (Wildman–Crippen MR) is 72.1 cm³/mol. The molecular weight excluding hydrogens is 280 g/mol. The molecule has 17 heavy (non-hydrogen) atoms. The molecule has 0 saturated carbocycles. The van der Waals surface area contributed by atoms with Crippen LogP contribution in [0.3, 0.4) is 0 Å². The molecule has 4 nitrogen and oxygen atoms in total. The van der Waals surface area contributed by atoms with E-state index in [1.807, 2.05) is 37.2 Å². The lowest BCUT2D eigenvalue weighted by molar-refractivity contribution is 0.767. The van der Waals surface area contributed by atoms with E-state index >= 15 is 0 Å². The Labute approximate surface area is 109 Å². The Bertz CT molecular complexity index is 507. The first-order valence-corrected chi connectivity index (χ1v) is 6.28. The van der Waals surface area contributed by atoms with Gasteiger partial charge in [0.25, 0.3) is 0 Å². The third-order valence-corrected chi connectivity index (χ3v) is 3.05. The molecule has 2 aromatic rings. The summed E-state index contributed by atoms with van der Waals surface area (Å²) in [6, 6.07) is 2.05. The lowest BCUT2D eigenvalue weighted by Gasteiger charge is -2.07. The Morgan fingerprint density at radius 3 is 2.88 bits per heavy atom. The Kier molecular flexibility index (Phi) is 3.78. The van der Waals surface area contributed by atoms with Crippen LogP contribution in [0.4, 0.5) is 5.82 Å². The Morgan fingerprint density at radius 2 is 2.24 bits per heavy atom. The van der Waals surface area contributed by atoms with Crippen molar-refractivity contribution >= 4 is 21.7 Å². The summed E-state index contributed by atoms with van der Waals surface area (Å²) >= 11 is 3.50. The second kappa shape index (κ2) is 5.31. The largest absolute Gasteiger partial charge is 0.369 e. The van der Waals surface area contributed by atoms with Crippen molar-refractivity contribution in [3.63, 3.8) is 0 Å². The number of halogens is 1. The molecule has 0 amide bonds. The second-order valence-corrected chi connectivity index (χ2v) is 4.90. The van der Waals surface area contributed by atoms with Crippen LogP contribution in [-0.2, 0) is 13.5 Å². The third-order valence-electron chi connectivity index (χ3n) is 2.44. The lowest BCUT2D eigenvalue weighted by atomic mass is 10.2. The van der Waals surface area contributed by atoms with Crippen LogP contribution in [-0.4, -0.2) is 21.3 Å². The minimum absolute atomic E-state index is 0.848. The maximum absolute atomic E-state index is 4.34. The van der Waals surface area contributed by atoms with Crippen LogP contribution in [0.1, 0.15) is 11.1 Å². The number of rotatable bonds is 4. The Balaban J connectivity index is 1.90. The molecule has 2 heterocycles. The smallest absolute Gasteiger partial charge is 0.140 e. The third kappa shape index (κ3) is 3.30. The number of aromatic nitrogens is 3. The molecule has 0 atom stereocenters. The first-order chi connectivity index (χ1) is 8.15. The molecule has 90 valence electrons. The molecule has 0 saturated heterocycles. The number of aryl methyl sites for hydroxylation is 2. The monoisotopic (exact) mass is 294 g/mol. The first kappa shape index (κ1) is 12.1. The van der Waals surface area contributed by atoms with E-state index < -0.39 is 0 Å². The van der Waals surface area contributed by atoms with Gasteiger partial charge in [-0.15, -0.1) is 0 Å². The van der Waals surface area contributed by atoms with Gasteiger partial charge in [0, 0.05) is 26.0 Å². The van der Waals surface area contributed by atoms with Crippen molar-refractivity contribution in [1.82, 2.24) is 14.8 Å². The normalized spacial score (nSPS) is 10.5. The highest BCUT2D eigenvalue weighted by Gasteiger charge is 2.01. The van der Waals surface area contributed by atoms with E-state index in [1.165, 1.54) is 5.56 Å². The van der Waals surface area contributed by atoms with E-state index in [1.54, 1.807) is 0 Å². The van der Waals surface area contributed by atoms with Crippen molar-refractivity contribution < 1.29 is 0 Å². The van der Waals surface area contributed by atoms with Crippen molar-refractivity contribution in [3.05, 3.63) is 40.3 Å². The van der Waals surface area contributed by atoms with Gasteiger partial charge in [0.15, 0.2) is 0 Å². The van der Waals surface area contributed by atoms with Gasteiger partial charge in [0.05, 0.1) is 10.7 Å². The van der Waals surface area contributed by atoms with E-state index in [-0.39, 0.29) is 0 Å². The van der Waals surface area contributed by atoms with Crippen molar-refractivity contribution in [2.45, 2.75) is 13.3 Å². The van der Waals surface area contributed by atoms with Gasteiger partial charge in [-0.1, -0.05) is 0 Å². The summed E-state index contributed by atoms with van der Waals surface area (Å²) in [5.41, 5.74) is 2.37. The van der Waals surface area contributed by atoms with Crippen molar-refractivity contribution in [1.29, 1.82) is 0 Å². The summed E-state index contributed by atoms with van der Waals surface area (Å²) in [5.74, 6) is 0.888. The van der Waals surface area contributed by atoms with Crippen LogP contribution in [0.2, 0.25) is 0 Å². The number of pyridine rings is 1. The lowest BCUT2D eigenvalue weighted by Crippen LogP contribution is -2.06. The average molecular weight is 295 g/mol. The fraction of sp³-hybridized carbons (Fsp3) is 0.333. The van der Waals surface area contributed by atoms with Crippen molar-refractivity contribution in [2.75, 3.05) is 11.9 Å². The van der Waals surface area contributed by atoms with E-state index in [0.29, 0.717) is 0 Å². The van der Waals surface area contributed by atoms with Gasteiger partial charge in [-0.25, -0.2) is 4.98 Å². The van der Waals surface area contributed by atoms with Crippen LogP contribution in [0.25, 0.3) is 0 Å². The zero-order chi connectivity index (χ0) is 12.3. The average Bonchev–Trinajstić information content (AvgIpc) is 2.68. The molecule has 2 rings (SSSR count). The van der Waals surface area contributed by atoms with Gasteiger partial charge in [-0.2, -0.15) is 5.10 Å². The molecule has 0 unspecified atom stereocenters. The molecule has 0 aromatic carbocycles. The van der Waals surface area contributed by atoms with Gasteiger partial charge >= 0.3 is 0 Å². The van der Waals surface area contributed by atoms with Crippen LogP contribution in [0.15, 0.2) is 29.1 Å². The molecule has 0 bridgehead atoms. The van der Waals surface area contributed by atoms with Gasteiger partial charge in [0.2, 0.25) is 0 Å². The maximum Gasteiger partial charge on any atom is 0.140 e. The summed E-state index contributed by atoms with van der Waals surface area (Å²) in [4.78, 5) is 4.34. The topological polar surface area (TPSA) is 42.7 Å². The summed E-state index contributed by atoms with van der Waals surface area (Å²) < 4.78 is 2.82. The fourth-order valence-electron chi connectivity index (χ4n) is 1.59. The zero-order valence-corrected chi connectivity index (χ0v) is 11.5. The number of nitrogens with one attached hydrogen (secondary N) is 1. The number of hydrogen-bond donors (Lipinski definition) is 1. The maximum atomic E-state index is 4.34. The quantitative estimate of drug-likeness (QED) is 0.942. The Morgan fingerprint density at radius 1 is 1.41 bits per heavy atom. The fourth-order valence-corrected chi connectivity index (χ4v) is 2.19. The molecule has 0 spiro atoms. The first-order valence-electron chi connectivity index (χ1n) is 5.48. The van der Waals surface area contributed by atoms with Gasteiger partial charge in [-0.3, -0.25) is 4.68 Å². The standard InChI is InChI=1S/C12H15BrN4/c1-9-5-11(13)12(15-6-9)14-4-3-10-7-16-17(2)8-10/h5-8H,3-4H2,1-2H3,(H,14,15). The van der Waals surface area contributed by atoms with E-state index in [9.17, 15) is 0 Å². The number of anilines is 1. The highest BCUT2D eigenvalue weighted by Crippen LogP contribution is 2.20. The minimum Gasteiger partial charge on any atom is -0.369 e. The second-order valence-electron chi connectivity index (χ2n) is 4.04. The molecule has 0 aliphatic heterocycles. The Hall–Kier alpha value is -1.36. The summed E-state index contributed by atoms with van der Waals surface area (Å²) in [6.07, 6.45) is 6.71. The van der Waals surface area contributed by atoms with Crippen LogP contribution < -0.4 is 5.32 Å². The summed E-state index contributed by atoms with van der Waals surface area (Å²) in [6.45, 7) is 2.87. The SMILES string of the molecule is Cc1cnc(NCCc2cnn(C)c2)c(Br)c1. The number of nitrogens with zero attached hydrogens (tertiary/aromatic N) is 3. The van der Waals surface area contributed by atoms with Crippen LogP contribution in [0.5, 0.6) is 0 Å². The van der Waals surface area contributed by atoms with Gasteiger partial charge in [-0.05, 0) is 46.5 Å². The molecule has 0 aliphatic carbocycles. The molecule has 1 N–H and O–H groups in total. The van der Waals surface area contributed by atoms with Crippen molar-refractivity contribution in [2.24, 2.45) is 7.05 Å². The molecule has 0 radical (unpaired) electrons. The molecular formula is C12H15BrN4.